The first kappa shape index (κ1) is 13.4. The van der Waals surface area contributed by atoms with E-state index in [1.54, 1.807) is 0 Å². The molecule has 1 aromatic carbocycles. The normalized spacial score (nSPS) is 10.7. The second-order valence-corrected chi connectivity index (χ2v) is 5.28. The van der Waals surface area contributed by atoms with Gasteiger partial charge in [-0.3, -0.25) is 0 Å². The molecule has 0 spiro atoms. The van der Waals surface area contributed by atoms with Crippen molar-refractivity contribution < 1.29 is 0 Å². The lowest BCUT2D eigenvalue weighted by Gasteiger charge is -2.08. The van der Waals surface area contributed by atoms with Gasteiger partial charge in [-0.05, 0) is 29.2 Å². The van der Waals surface area contributed by atoms with Crippen LogP contribution < -0.4 is 0 Å². The Balaban J connectivity index is 2.15. The van der Waals surface area contributed by atoms with Crippen LogP contribution in [0.3, 0.4) is 0 Å². The zero-order valence-corrected chi connectivity index (χ0v) is 11.9. The van der Waals surface area contributed by atoms with E-state index in [0.29, 0.717) is 12.3 Å². The molecule has 0 N–H and O–H groups in total. The zero-order valence-electron chi connectivity index (χ0n) is 11.9. The zero-order chi connectivity index (χ0) is 13.8. The summed E-state index contributed by atoms with van der Waals surface area (Å²) in [6, 6.07) is 15.2. The predicted molar refractivity (Wildman–Crippen MR) is 78.1 cm³/mol. The molecule has 0 unspecified atom stereocenters. The Kier molecular flexibility index (Phi) is 4.06. The summed E-state index contributed by atoms with van der Waals surface area (Å²) in [4.78, 5) is 0. The van der Waals surface area contributed by atoms with Gasteiger partial charge in [0, 0.05) is 24.9 Å². The Morgan fingerprint density at radius 1 is 1.05 bits per heavy atom. The number of aromatic nitrogens is 1. The lowest BCUT2D eigenvalue weighted by Crippen LogP contribution is -2.01. The molecule has 2 rings (SSSR count). The highest BCUT2D eigenvalue weighted by molar-refractivity contribution is 5.29. The summed E-state index contributed by atoms with van der Waals surface area (Å²) in [5, 5.41) is 8.76. The molecule has 0 bridgehead atoms. The molecule has 19 heavy (non-hydrogen) atoms. The summed E-state index contributed by atoms with van der Waals surface area (Å²) in [5.74, 6) is 0.575. The van der Waals surface area contributed by atoms with Gasteiger partial charge < -0.3 is 4.57 Å². The SMILES string of the molecule is CC(C)c1ccc(Cc2ccc(CC#N)n2C)cc1. The van der Waals surface area contributed by atoms with Gasteiger partial charge >= 0.3 is 0 Å². The fourth-order valence-electron chi connectivity index (χ4n) is 2.27. The van der Waals surface area contributed by atoms with Gasteiger partial charge in [-0.2, -0.15) is 5.26 Å². The van der Waals surface area contributed by atoms with Crippen LogP contribution in [0.1, 0.15) is 42.3 Å². The minimum atomic E-state index is 0.475. The maximum Gasteiger partial charge on any atom is 0.0754 e. The second-order valence-electron chi connectivity index (χ2n) is 5.28. The van der Waals surface area contributed by atoms with Crippen molar-refractivity contribution in [3.8, 4) is 6.07 Å². The molecule has 0 aliphatic rings. The Bertz CT molecular complexity index is 583. The number of hydrogen-bond donors (Lipinski definition) is 0. The molecule has 0 aliphatic carbocycles. The highest BCUT2D eigenvalue weighted by Gasteiger charge is 2.06. The molecule has 0 saturated carbocycles. The van der Waals surface area contributed by atoms with Crippen LogP contribution in [0.4, 0.5) is 0 Å². The predicted octanol–water partition coefficient (Wildman–Crippen LogP) is 3.81. The van der Waals surface area contributed by atoms with Crippen LogP contribution in [0.5, 0.6) is 0 Å². The summed E-state index contributed by atoms with van der Waals surface area (Å²) in [7, 11) is 2.03. The van der Waals surface area contributed by atoms with E-state index in [4.69, 9.17) is 5.26 Å². The van der Waals surface area contributed by atoms with Crippen LogP contribution in [0.2, 0.25) is 0 Å². The molecule has 0 radical (unpaired) electrons. The molecule has 0 fully saturated rings. The summed E-state index contributed by atoms with van der Waals surface area (Å²) in [6.07, 6.45) is 1.39. The maximum absolute atomic E-state index is 8.76. The van der Waals surface area contributed by atoms with Crippen molar-refractivity contribution in [2.24, 2.45) is 7.05 Å². The average Bonchev–Trinajstić information content (AvgIpc) is 2.73. The van der Waals surface area contributed by atoms with Crippen LogP contribution in [-0.2, 0) is 19.9 Å². The van der Waals surface area contributed by atoms with E-state index in [1.165, 1.54) is 16.8 Å². The quantitative estimate of drug-likeness (QED) is 0.813. The Hall–Kier alpha value is -2.01. The molecule has 98 valence electrons. The van der Waals surface area contributed by atoms with Gasteiger partial charge in [0.25, 0.3) is 0 Å². The van der Waals surface area contributed by atoms with E-state index in [-0.39, 0.29) is 0 Å². The van der Waals surface area contributed by atoms with Gasteiger partial charge in [0.2, 0.25) is 0 Å². The Labute approximate surface area is 115 Å². The van der Waals surface area contributed by atoms with Crippen molar-refractivity contribution in [3.05, 3.63) is 58.9 Å². The van der Waals surface area contributed by atoms with Crippen molar-refractivity contribution in [2.45, 2.75) is 32.6 Å². The fraction of sp³-hybridized carbons (Fsp3) is 0.353. The molecule has 0 saturated heterocycles. The minimum Gasteiger partial charge on any atom is -0.350 e. The van der Waals surface area contributed by atoms with Crippen molar-refractivity contribution >= 4 is 0 Å². The van der Waals surface area contributed by atoms with Gasteiger partial charge in [-0.15, -0.1) is 0 Å². The molecular formula is C17H20N2. The van der Waals surface area contributed by atoms with Crippen molar-refractivity contribution in [1.82, 2.24) is 4.57 Å². The molecule has 1 heterocycles. The van der Waals surface area contributed by atoms with E-state index in [2.05, 4.69) is 54.8 Å². The Morgan fingerprint density at radius 2 is 1.68 bits per heavy atom. The molecule has 0 amide bonds. The fourth-order valence-corrected chi connectivity index (χ4v) is 2.27. The van der Waals surface area contributed by atoms with Crippen LogP contribution in [-0.4, -0.2) is 4.57 Å². The topological polar surface area (TPSA) is 28.7 Å². The lowest BCUT2D eigenvalue weighted by molar-refractivity contribution is 0.803. The van der Waals surface area contributed by atoms with Gasteiger partial charge in [0.05, 0.1) is 12.5 Å². The first-order valence-electron chi connectivity index (χ1n) is 6.71. The highest BCUT2D eigenvalue weighted by atomic mass is 14.9. The third-order valence-electron chi connectivity index (χ3n) is 3.62. The van der Waals surface area contributed by atoms with Crippen LogP contribution in [0.25, 0.3) is 0 Å². The molecule has 2 nitrogen and oxygen atoms in total. The standard InChI is InChI=1S/C17H20N2/c1-13(2)15-6-4-14(5-7-15)12-17-9-8-16(10-11-18)19(17)3/h4-9,13H,10,12H2,1-3H3. The van der Waals surface area contributed by atoms with Crippen LogP contribution in [0, 0.1) is 11.3 Å². The molecular weight excluding hydrogens is 232 g/mol. The van der Waals surface area contributed by atoms with E-state index in [9.17, 15) is 0 Å². The molecule has 2 aromatic rings. The van der Waals surface area contributed by atoms with Gasteiger partial charge in [0.1, 0.15) is 0 Å². The summed E-state index contributed by atoms with van der Waals surface area (Å²) in [6.45, 7) is 4.42. The Morgan fingerprint density at radius 3 is 2.26 bits per heavy atom. The number of hydrogen-bond acceptors (Lipinski definition) is 1. The molecule has 0 atom stereocenters. The van der Waals surface area contributed by atoms with Crippen molar-refractivity contribution in [1.29, 1.82) is 5.26 Å². The van der Waals surface area contributed by atoms with E-state index in [0.717, 1.165) is 12.1 Å². The molecule has 2 heteroatoms. The number of nitriles is 1. The smallest absolute Gasteiger partial charge is 0.0754 e. The summed E-state index contributed by atoms with van der Waals surface area (Å²) >= 11 is 0. The summed E-state index contributed by atoms with van der Waals surface area (Å²) in [5.41, 5.74) is 5.02. The largest absolute Gasteiger partial charge is 0.350 e. The van der Waals surface area contributed by atoms with Crippen molar-refractivity contribution in [3.63, 3.8) is 0 Å². The first-order chi connectivity index (χ1) is 9.11. The van der Waals surface area contributed by atoms with Gasteiger partial charge in [-0.1, -0.05) is 38.1 Å². The summed E-state index contributed by atoms with van der Waals surface area (Å²) < 4.78 is 2.12. The monoisotopic (exact) mass is 252 g/mol. The first-order valence-corrected chi connectivity index (χ1v) is 6.71. The second kappa shape index (κ2) is 5.75. The number of benzene rings is 1. The van der Waals surface area contributed by atoms with Crippen LogP contribution >= 0.6 is 0 Å². The third-order valence-corrected chi connectivity index (χ3v) is 3.62. The van der Waals surface area contributed by atoms with E-state index >= 15 is 0 Å². The lowest BCUT2D eigenvalue weighted by atomic mass is 10.0. The minimum absolute atomic E-state index is 0.475. The van der Waals surface area contributed by atoms with Gasteiger partial charge in [0.15, 0.2) is 0 Å². The maximum atomic E-state index is 8.76. The van der Waals surface area contributed by atoms with Gasteiger partial charge in [-0.25, -0.2) is 0 Å². The van der Waals surface area contributed by atoms with E-state index < -0.39 is 0 Å². The molecule has 0 aliphatic heterocycles. The number of nitrogens with zero attached hydrogens (tertiary/aromatic N) is 2. The number of rotatable bonds is 4. The third kappa shape index (κ3) is 3.06. The molecule has 1 aromatic heterocycles. The highest BCUT2D eigenvalue weighted by Crippen LogP contribution is 2.17. The average molecular weight is 252 g/mol. The van der Waals surface area contributed by atoms with Crippen LogP contribution in [0.15, 0.2) is 36.4 Å². The van der Waals surface area contributed by atoms with Crippen molar-refractivity contribution in [2.75, 3.05) is 0 Å². The van der Waals surface area contributed by atoms with E-state index in [1.807, 2.05) is 13.1 Å².